The maximum atomic E-state index is 12.5. The quantitative estimate of drug-likeness (QED) is 0.722. The lowest BCUT2D eigenvalue weighted by Gasteiger charge is -2.21. The molecular formula is C19H24N2O7. The second kappa shape index (κ2) is 8.24. The van der Waals surface area contributed by atoms with Gasteiger partial charge in [-0.1, -0.05) is 6.07 Å². The lowest BCUT2D eigenvalue weighted by atomic mass is 10.3. The van der Waals surface area contributed by atoms with E-state index in [0.29, 0.717) is 45.2 Å². The molecule has 152 valence electrons. The molecule has 0 N–H and O–H groups in total. The highest BCUT2D eigenvalue weighted by Crippen LogP contribution is 2.24. The lowest BCUT2D eigenvalue weighted by molar-refractivity contribution is -0.131. The lowest BCUT2D eigenvalue weighted by Crippen LogP contribution is -2.40. The molecule has 0 aromatic heterocycles. The summed E-state index contributed by atoms with van der Waals surface area (Å²) in [6.07, 6.45) is -1.07. The number of carbonyl (C=O) groups excluding carboxylic acids is 2. The van der Waals surface area contributed by atoms with Gasteiger partial charge in [-0.25, -0.2) is 4.79 Å². The molecule has 28 heavy (non-hydrogen) atoms. The van der Waals surface area contributed by atoms with Crippen molar-refractivity contribution in [1.29, 1.82) is 0 Å². The molecule has 0 radical (unpaired) electrons. The normalized spacial score (nSPS) is 25.2. The molecule has 2 amide bonds. The fourth-order valence-corrected chi connectivity index (χ4v) is 3.55. The van der Waals surface area contributed by atoms with Crippen LogP contribution < -0.4 is 9.47 Å². The molecule has 1 aromatic carbocycles. The van der Waals surface area contributed by atoms with Gasteiger partial charge in [0.1, 0.15) is 43.0 Å². The van der Waals surface area contributed by atoms with E-state index in [-0.39, 0.29) is 30.8 Å². The van der Waals surface area contributed by atoms with E-state index in [1.807, 2.05) is 24.3 Å². The smallest absolute Gasteiger partial charge is 0.410 e. The van der Waals surface area contributed by atoms with Gasteiger partial charge in [-0.2, -0.15) is 0 Å². The molecule has 1 aromatic rings. The molecule has 3 saturated heterocycles. The second-order valence-corrected chi connectivity index (χ2v) is 7.00. The number of carbonyl (C=O) groups is 2. The van der Waals surface area contributed by atoms with E-state index in [1.54, 1.807) is 12.0 Å². The zero-order valence-corrected chi connectivity index (χ0v) is 15.7. The van der Waals surface area contributed by atoms with Crippen LogP contribution in [0.4, 0.5) is 4.79 Å². The zero-order chi connectivity index (χ0) is 19.5. The standard InChI is InChI=1S/C19H24N2O7/c1-24-13-3-2-4-14(7-13)28-15-11-26-16-8-21(9-17(16)27-12-15)18(22)10-20-5-6-25-19(20)23/h2-4,7,15-17H,5-6,8-12H2,1H3/t16-,17-/m0/s1. The van der Waals surface area contributed by atoms with Crippen molar-refractivity contribution in [3.63, 3.8) is 0 Å². The Morgan fingerprint density at radius 1 is 1.18 bits per heavy atom. The molecule has 3 aliphatic heterocycles. The number of likely N-dealkylation sites (tertiary alicyclic amines) is 1. The first-order valence-electron chi connectivity index (χ1n) is 9.36. The highest BCUT2D eigenvalue weighted by atomic mass is 16.6. The van der Waals surface area contributed by atoms with Crippen LogP contribution in [0.5, 0.6) is 11.5 Å². The van der Waals surface area contributed by atoms with Crippen molar-refractivity contribution in [1.82, 2.24) is 9.80 Å². The van der Waals surface area contributed by atoms with Crippen LogP contribution in [0.2, 0.25) is 0 Å². The Bertz CT molecular complexity index is 712. The van der Waals surface area contributed by atoms with Crippen LogP contribution in [0.25, 0.3) is 0 Å². The number of benzene rings is 1. The van der Waals surface area contributed by atoms with Crippen molar-refractivity contribution >= 4 is 12.0 Å². The van der Waals surface area contributed by atoms with Crippen LogP contribution in [0.3, 0.4) is 0 Å². The highest BCUT2D eigenvalue weighted by molar-refractivity contribution is 5.83. The third-order valence-electron chi connectivity index (χ3n) is 5.08. The maximum absolute atomic E-state index is 12.5. The third kappa shape index (κ3) is 4.15. The monoisotopic (exact) mass is 392 g/mol. The number of rotatable bonds is 5. The molecule has 0 unspecified atom stereocenters. The molecule has 3 fully saturated rings. The summed E-state index contributed by atoms with van der Waals surface area (Å²) in [6, 6.07) is 7.39. The Morgan fingerprint density at radius 3 is 2.54 bits per heavy atom. The largest absolute Gasteiger partial charge is 0.497 e. The molecule has 4 rings (SSSR count). The maximum Gasteiger partial charge on any atom is 0.410 e. The molecule has 9 heteroatoms. The van der Waals surface area contributed by atoms with E-state index in [1.165, 1.54) is 4.90 Å². The topological polar surface area (TPSA) is 86.8 Å². The zero-order valence-electron chi connectivity index (χ0n) is 15.7. The predicted molar refractivity (Wildman–Crippen MR) is 96.4 cm³/mol. The molecule has 0 saturated carbocycles. The van der Waals surface area contributed by atoms with Crippen molar-refractivity contribution in [2.24, 2.45) is 0 Å². The molecule has 3 aliphatic rings. The summed E-state index contributed by atoms with van der Waals surface area (Å²) in [4.78, 5) is 27.1. The number of ether oxygens (including phenoxy) is 5. The van der Waals surface area contributed by atoms with Gasteiger partial charge in [0, 0.05) is 19.2 Å². The third-order valence-corrected chi connectivity index (χ3v) is 5.08. The van der Waals surface area contributed by atoms with Gasteiger partial charge in [-0.3, -0.25) is 9.69 Å². The Morgan fingerprint density at radius 2 is 1.89 bits per heavy atom. The minimum atomic E-state index is -0.438. The van der Waals surface area contributed by atoms with Crippen molar-refractivity contribution in [3.8, 4) is 11.5 Å². The number of hydrogen-bond donors (Lipinski definition) is 0. The Labute approximate surface area is 163 Å². The summed E-state index contributed by atoms with van der Waals surface area (Å²) in [5.41, 5.74) is 0. The number of methoxy groups -OCH3 is 1. The first kappa shape index (κ1) is 18.8. The molecular weight excluding hydrogens is 368 g/mol. The van der Waals surface area contributed by atoms with E-state index >= 15 is 0 Å². The van der Waals surface area contributed by atoms with Gasteiger partial charge in [0.05, 0.1) is 26.9 Å². The first-order chi connectivity index (χ1) is 13.6. The van der Waals surface area contributed by atoms with E-state index in [2.05, 4.69) is 0 Å². The van der Waals surface area contributed by atoms with Gasteiger partial charge < -0.3 is 28.6 Å². The van der Waals surface area contributed by atoms with E-state index in [4.69, 9.17) is 23.7 Å². The minimum absolute atomic E-state index is 0.0276. The van der Waals surface area contributed by atoms with Gasteiger partial charge in [0.15, 0.2) is 0 Å². The number of hydrogen-bond acceptors (Lipinski definition) is 7. The summed E-state index contributed by atoms with van der Waals surface area (Å²) >= 11 is 0. The number of nitrogens with zero attached hydrogens (tertiary/aromatic N) is 2. The van der Waals surface area contributed by atoms with Crippen molar-refractivity contribution in [3.05, 3.63) is 24.3 Å². The Hall–Kier alpha value is -2.52. The number of fused-ring (bicyclic) bond motifs is 1. The molecule has 2 atom stereocenters. The van der Waals surface area contributed by atoms with E-state index < -0.39 is 6.09 Å². The summed E-state index contributed by atoms with van der Waals surface area (Å²) in [5, 5.41) is 0. The average Bonchev–Trinajstić information content (AvgIpc) is 3.25. The molecule has 0 bridgehead atoms. The minimum Gasteiger partial charge on any atom is -0.497 e. The number of cyclic esters (lactones) is 1. The van der Waals surface area contributed by atoms with Gasteiger partial charge >= 0.3 is 6.09 Å². The van der Waals surface area contributed by atoms with Gasteiger partial charge in [0.2, 0.25) is 5.91 Å². The fourth-order valence-electron chi connectivity index (χ4n) is 3.55. The van der Waals surface area contributed by atoms with Crippen LogP contribution in [-0.4, -0.2) is 93.2 Å². The fraction of sp³-hybridized carbons (Fsp3) is 0.579. The summed E-state index contributed by atoms with van der Waals surface area (Å²) in [6.45, 7) is 2.44. The van der Waals surface area contributed by atoms with Crippen LogP contribution in [-0.2, 0) is 19.0 Å². The summed E-state index contributed by atoms with van der Waals surface area (Å²) < 4.78 is 27.9. The van der Waals surface area contributed by atoms with Crippen molar-refractivity contribution in [2.75, 3.05) is 53.1 Å². The van der Waals surface area contributed by atoms with E-state index in [9.17, 15) is 9.59 Å². The Balaban J connectivity index is 1.28. The predicted octanol–water partition coefficient (Wildman–Crippen LogP) is 0.521. The van der Waals surface area contributed by atoms with Gasteiger partial charge in [-0.15, -0.1) is 0 Å². The first-order valence-corrected chi connectivity index (χ1v) is 9.36. The van der Waals surface area contributed by atoms with Crippen molar-refractivity contribution in [2.45, 2.75) is 18.3 Å². The molecule has 0 aliphatic carbocycles. The second-order valence-electron chi connectivity index (χ2n) is 7.00. The summed E-state index contributed by atoms with van der Waals surface area (Å²) in [7, 11) is 1.61. The van der Waals surface area contributed by atoms with Gasteiger partial charge in [0.25, 0.3) is 0 Å². The Kier molecular flexibility index (Phi) is 5.54. The molecule has 9 nitrogen and oxygen atoms in total. The van der Waals surface area contributed by atoms with Crippen LogP contribution in [0.15, 0.2) is 24.3 Å². The summed E-state index contributed by atoms with van der Waals surface area (Å²) in [5.74, 6) is 1.29. The molecule has 0 spiro atoms. The van der Waals surface area contributed by atoms with E-state index in [0.717, 1.165) is 5.75 Å². The average molecular weight is 392 g/mol. The van der Waals surface area contributed by atoms with Crippen LogP contribution in [0.1, 0.15) is 0 Å². The SMILES string of the molecule is COc1cccc(OC2CO[C@H]3CN(C(=O)CN4CCOC4=O)C[C@@H]3OC2)c1. The highest BCUT2D eigenvalue weighted by Gasteiger charge is 2.40. The number of amides is 2. The van der Waals surface area contributed by atoms with Gasteiger partial charge in [-0.05, 0) is 12.1 Å². The van der Waals surface area contributed by atoms with Crippen LogP contribution >= 0.6 is 0 Å². The van der Waals surface area contributed by atoms with Crippen LogP contribution in [0, 0.1) is 0 Å². The van der Waals surface area contributed by atoms with Crippen molar-refractivity contribution < 1.29 is 33.3 Å². The molecule has 3 heterocycles.